The van der Waals surface area contributed by atoms with Crippen LogP contribution in [-0.2, 0) is 0 Å². The van der Waals surface area contributed by atoms with E-state index in [2.05, 4.69) is 15.6 Å². The Labute approximate surface area is 176 Å². The van der Waals surface area contributed by atoms with E-state index in [0.29, 0.717) is 50.3 Å². The Bertz CT molecular complexity index is 697. The van der Waals surface area contributed by atoms with Crippen LogP contribution in [0.2, 0.25) is 0 Å². The molecule has 2 N–H and O–H groups in total. The summed E-state index contributed by atoms with van der Waals surface area (Å²) in [5.74, 6) is 2.19. The maximum atomic E-state index is 12.5. The highest BCUT2D eigenvalue weighted by Crippen LogP contribution is 2.30. The summed E-state index contributed by atoms with van der Waals surface area (Å²) in [7, 11) is 1.68. The average Bonchev–Trinajstić information content (AvgIpc) is 3.12. The fraction of sp³-hybridized carbons (Fsp3) is 0.667. The van der Waals surface area contributed by atoms with Crippen LogP contribution in [-0.4, -0.2) is 63.5 Å². The van der Waals surface area contributed by atoms with E-state index < -0.39 is 12.7 Å². The van der Waals surface area contributed by atoms with E-state index in [1.165, 1.54) is 4.90 Å². The summed E-state index contributed by atoms with van der Waals surface area (Å²) >= 11 is 0. The lowest BCUT2D eigenvalue weighted by Gasteiger charge is -2.21. The molecule has 2 unspecified atom stereocenters. The second-order valence-corrected chi connectivity index (χ2v) is 7.40. The van der Waals surface area contributed by atoms with E-state index in [-0.39, 0.29) is 12.0 Å². The van der Waals surface area contributed by atoms with Gasteiger partial charge in [-0.1, -0.05) is 6.07 Å². The summed E-state index contributed by atoms with van der Waals surface area (Å²) in [6.45, 7) is 7.62. The number of rotatable bonds is 9. The Balaban J connectivity index is 1.89. The fourth-order valence-electron chi connectivity index (χ4n) is 3.54. The molecular weight excluding hydrogens is 397 g/mol. The van der Waals surface area contributed by atoms with Crippen molar-refractivity contribution < 1.29 is 22.6 Å². The zero-order valence-electron chi connectivity index (χ0n) is 18.2. The topological polar surface area (TPSA) is 58.1 Å². The van der Waals surface area contributed by atoms with E-state index in [1.807, 2.05) is 39.0 Å². The van der Waals surface area contributed by atoms with Crippen molar-refractivity contribution in [2.45, 2.75) is 39.4 Å². The molecule has 30 heavy (non-hydrogen) atoms. The van der Waals surface area contributed by atoms with Gasteiger partial charge in [0.25, 0.3) is 0 Å². The van der Waals surface area contributed by atoms with Gasteiger partial charge in [0.1, 0.15) is 0 Å². The number of aliphatic imine (C=N–C) groups is 1. The van der Waals surface area contributed by atoms with Crippen LogP contribution in [0.3, 0.4) is 0 Å². The number of alkyl halides is 3. The van der Waals surface area contributed by atoms with Crippen molar-refractivity contribution in [1.82, 2.24) is 15.5 Å². The molecule has 1 aliphatic rings. The van der Waals surface area contributed by atoms with Crippen molar-refractivity contribution in [1.29, 1.82) is 0 Å². The first kappa shape index (κ1) is 24.1. The number of ether oxygens (including phenoxy) is 2. The van der Waals surface area contributed by atoms with Crippen LogP contribution >= 0.6 is 0 Å². The van der Waals surface area contributed by atoms with Crippen molar-refractivity contribution in [3.8, 4) is 11.5 Å². The standard InChI is InChI=1S/C21H33F3N4O2/c1-5-29-18-8-7-17(11-19(18)30-6-2)15(3)27-20(25-4)26-12-16-9-10-28(13-16)14-21(22,23)24/h7-8,11,15-16H,5-6,9-10,12-14H2,1-4H3,(H2,25,26,27). The summed E-state index contributed by atoms with van der Waals surface area (Å²) in [6.07, 6.45) is -3.40. The Kier molecular flexibility index (Phi) is 9.08. The molecule has 1 aromatic rings. The predicted octanol–water partition coefficient (Wildman–Crippen LogP) is 3.59. The van der Waals surface area contributed by atoms with Gasteiger partial charge >= 0.3 is 6.18 Å². The number of guanidine groups is 1. The van der Waals surface area contributed by atoms with Crippen molar-refractivity contribution >= 4 is 5.96 Å². The number of nitrogens with one attached hydrogen (secondary N) is 2. The number of hydrogen-bond donors (Lipinski definition) is 2. The van der Waals surface area contributed by atoms with Crippen molar-refractivity contribution in [2.24, 2.45) is 10.9 Å². The normalized spacial score (nSPS) is 18.9. The lowest BCUT2D eigenvalue weighted by atomic mass is 10.1. The number of nitrogens with zero attached hydrogens (tertiary/aromatic N) is 2. The molecular formula is C21H33F3N4O2. The number of hydrogen-bond acceptors (Lipinski definition) is 4. The highest BCUT2D eigenvalue weighted by Gasteiger charge is 2.34. The first-order chi connectivity index (χ1) is 14.3. The van der Waals surface area contributed by atoms with Gasteiger partial charge in [-0.3, -0.25) is 9.89 Å². The van der Waals surface area contributed by atoms with E-state index in [9.17, 15) is 13.2 Å². The minimum atomic E-state index is -4.15. The van der Waals surface area contributed by atoms with Gasteiger partial charge < -0.3 is 20.1 Å². The van der Waals surface area contributed by atoms with Crippen LogP contribution in [0.5, 0.6) is 11.5 Å². The smallest absolute Gasteiger partial charge is 0.401 e. The fourth-order valence-corrected chi connectivity index (χ4v) is 3.54. The molecule has 0 radical (unpaired) electrons. The summed E-state index contributed by atoms with van der Waals surface area (Å²) in [5, 5.41) is 6.57. The third kappa shape index (κ3) is 7.59. The Morgan fingerprint density at radius 1 is 1.23 bits per heavy atom. The number of likely N-dealkylation sites (tertiary alicyclic amines) is 1. The first-order valence-corrected chi connectivity index (χ1v) is 10.4. The highest BCUT2D eigenvalue weighted by atomic mass is 19.4. The molecule has 0 bridgehead atoms. The van der Waals surface area contributed by atoms with Gasteiger partial charge in [-0.2, -0.15) is 13.2 Å². The van der Waals surface area contributed by atoms with Crippen LogP contribution < -0.4 is 20.1 Å². The Hall–Kier alpha value is -2.16. The molecule has 0 spiro atoms. The summed E-state index contributed by atoms with van der Waals surface area (Å²) in [4.78, 5) is 5.70. The quantitative estimate of drug-likeness (QED) is 0.463. The molecule has 6 nitrogen and oxygen atoms in total. The molecule has 1 fully saturated rings. The highest BCUT2D eigenvalue weighted by molar-refractivity contribution is 5.80. The second-order valence-electron chi connectivity index (χ2n) is 7.40. The molecule has 2 rings (SSSR count). The van der Waals surface area contributed by atoms with E-state index >= 15 is 0 Å². The summed E-state index contributed by atoms with van der Waals surface area (Å²) in [6, 6.07) is 5.78. The predicted molar refractivity (Wildman–Crippen MR) is 112 cm³/mol. The van der Waals surface area contributed by atoms with Gasteiger partial charge in [-0.05, 0) is 57.4 Å². The molecule has 1 aromatic carbocycles. The SMILES string of the molecule is CCOc1ccc(C(C)NC(=NC)NCC2CCN(CC(F)(F)F)C2)cc1OCC. The average molecular weight is 431 g/mol. The van der Waals surface area contributed by atoms with Crippen LogP contribution in [0.1, 0.15) is 38.8 Å². The largest absolute Gasteiger partial charge is 0.490 e. The van der Waals surface area contributed by atoms with E-state index in [1.54, 1.807) is 7.05 Å². The summed E-state index contributed by atoms with van der Waals surface area (Å²) < 4.78 is 48.9. The van der Waals surface area contributed by atoms with E-state index in [4.69, 9.17) is 9.47 Å². The third-order valence-corrected chi connectivity index (χ3v) is 4.98. The van der Waals surface area contributed by atoms with Crippen LogP contribution in [0.4, 0.5) is 13.2 Å². The third-order valence-electron chi connectivity index (χ3n) is 4.98. The molecule has 170 valence electrons. The molecule has 0 aromatic heterocycles. The number of benzene rings is 1. The van der Waals surface area contributed by atoms with Crippen LogP contribution in [0.15, 0.2) is 23.2 Å². The maximum Gasteiger partial charge on any atom is 0.401 e. The molecule has 1 aliphatic heterocycles. The molecule has 0 aliphatic carbocycles. The molecule has 2 atom stereocenters. The van der Waals surface area contributed by atoms with Gasteiger partial charge in [-0.15, -0.1) is 0 Å². The first-order valence-electron chi connectivity index (χ1n) is 10.4. The zero-order chi connectivity index (χ0) is 22.1. The minimum Gasteiger partial charge on any atom is -0.490 e. The lowest BCUT2D eigenvalue weighted by molar-refractivity contribution is -0.143. The Morgan fingerprint density at radius 3 is 2.57 bits per heavy atom. The van der Waals surface area contributed by atoms with Crippen LogP contribution in [0.25, 0.3) is 0 Å². The molecule has 9 heteroatoms. The minimum absolute atomic E-state index is 0.0450. The zero-order valence-corrected chi connectivity index (χ0v) is 18.2. The molecule has 0 saturated carbocycles. The van der Waals surface area contributed by atoms with Crippen molar-refractivity contribution in [3.63, 3.8) is 0 Å². The van der Waals surface area contributed by atoms with Gasteiger partial charge in [-0.25, -0.2) is 0 Å². The number of halogens is 3. The van der Waals surface area contributed by atoms with Crippen molar-refractivity contribution in [2.75, 3.05) is 46.4 Å². The van der Waals surface area contributed by atoms with E-state index in [0.717, 1.165) is 12.0 Å². The second kappa shape index (κ2) is 11.3. The molecule has 1 heterocycles. The van der Waals surface area contributed by atoms with Gasteiger partial charge in [0.2, 0.25) is 0 Å². The molecule has 0 amide bonds. The van der Waals surface area contributed by atoms with Gasteiger partial charge in [0.15, 0.2) is 17.5 Å². The Morgan fingerprint density at radius 2 is 1.93 bits per heavy atom. The lowest BCUT2D eigenvalue weighted by Crippen LogP contribution is -2.41. The monoisotopic (exact) mass is 430 g/mol. The summed E-state index contributed by atoms with van der Waals surface area (Å²) in [5.41, 5.74) is 1.02. The molecule has 1 saturated heterocycles. The van der Waals surface area contributed by atoms with Crippen molar-refractivity contribution in [3.05, 3.63) is 23.8 Å². The van der Waals surface area contributed by atoms with Crippen LogP contribution in [0, 0.1) is 5.92 Å². The maximum absolute atomic E-state index is 12.5. The van der Waals surface area contributed by atoms with Gasteiger partial charge in [0.05, 0.1) is 25.8 Å². The van der Waals surface area contributed by atoms with Gasteiger partial charge in [0, 0.05) is 20.1 Å².